The smallest absolute Gasteiger partial charge is 0.00171 e. The van der Waals surface area contributed by atoms with Crippen molar-refractivity contribution in [2.24, 2.45) is 5.92 Å². The Labute approximate surface area is 62.9 Å². The van der Waals surface area contributed by atoms with E-state index in [-0.39, 0.29) is 12.4 Å². The van der Waals surface area contributed by atoms with Gasteiger partial charge in [0, 0.05) is 0 Å². The van der Waals surface area contributed by atoms with E-state index in [9.17, 15) is 0 Å². The topological polar surface area (TPSA) is 12.0 Å². The van der Waals surface area contributed by atoms with E-state index in [4.69, 9.17) is 0 Å². The second kappa shape index (κ2) is 4.83. The highest BCUT2D eigenvalue weighted by molar-refractivity contribution is 5.85. The van der Waals surface area contributed by atoms with E-state index in [1.54, 1.807) is 0 Å². The van der Waals surface area contributed by atoms with Gasteiger partial charge in [-0.3, -0.25) is 0 Å². The van der Waals surface area contributed by atoms with Crippen molar-refractivity contribution in [1.82, 2.24) is 5.32 Å². The van der Waals surface area contributed by atoms with Crippen molar-refractivity contribution in [2.75, 3.05) is 13.1 Å². The Hall–Kier alpha value is -0.0100. The van der Waals surface area contributed by atoms with Crippen LogP contribution in [0.3, 0.4) is 0 Å². The van der Waals surface area contributed by atoms with Gasteiger partial charge in [-0.25, -0.2) is 0 Å². The van der Waals surface area contributed by atoms with Gasteiger partial charge in [-0.15, -0.1) is 19.0 Å². The van der Waals surface area contributed by atoms with Gasteiger partial charge < -0.3 is 5.32 Å². The Morgan fingerprint density at radius 3 is 2.89 bits per heavy atom. The minimum Gasteiger partial charge on any atom is -0.316 e. The maximum atomic E-state index is 3.70. The maximum absolute atomic E-state index is 3.70. The predicted molar refractivity (Wildman–Crippen MR) is 43.0 cm³/mol. The van der Waals surface area contributed by atoms with Crippen LogP contribution in [-0.4, -0.2) is 13.1 Å². The van der Waals surface area contributed by atoms with Crippen molar-refractivity contribution in [3.8, 4) is 0 Å². The molecule has 0 spiro atoms. The molecule has 1 aliphatic rings. The highest BCUT2D eigenvalue weighted by Crippen LogP contribution is 2.11. The highest BCUT2D eigenvalue weighted by atomic mass is 35.5. The first-order valence-electron chi connectivity index (χ1n) is 3.25. The Bertz CT molecular complexity index is 77.0. The number of nitrogens with one attached hydrogen (secondary N) is 1. The van der Waals surface area contributed by atoms with Gasteiger partial charge in [0.15, 0.2) is 0 Å². The van der Waals surface area contributed by atoms with E-state index >= 15 is 0 Å². The van der Waals surface area contributed by atoms with Crippen LogP contribution in [0.5, 0.6) is 0 Å². The van der Waals surface area contributed by atoms with E-state index in [2.05, 4.69) is 11.9 Å². The Kier molecular flexibility index (Phi) is 4.83. The van der Waals surface area contributed by atoms with E-state index in [0.29, 0.717) is 0 Å². The van der Waals surface area contributed by atoms with Crippen molar-refractivity contribution in [1.29, 1.82) is 0 Å². The summed E-state index contributed by atoms with van der Waals surface area (Å²) < 4.78 is 0. The van der Waals surface area contributed by atoms with Crippen LogP contribution in [0.4, 0.5) is 0 Å². The van der Waals surface area contributed by atoms with Crippen molar-refractivity contribution in [3.63, 3.8) is 0 Å². The minimum absolute atomic E-state index is 0. The molecule has 0 aliphatic carbocycles. The maximum Gasteiger partial charge on any atom is -0.00171 e. The van der Waals surface area contributed by atoms with E-state index in [1.807, 2.05) is 6.08 Å². The molecule has 1 unspecified atom stereocenters. The molecule has 1 nitrogen and oxygen atoms in total. The molecule has 1 heterocycles. The monoisotopic (exact) mass is 147 g/mol. The van der Waals surface area contributed by atoms with Gasteiger partial charge in [0.1, 0.15) is 0 Å². The molecule has 0 saturated carbocycles. The van der Waals surface area contributed by atoms with Gasteiger partial charge in [0.2, 0.25) is 0 Å². The molecule has 1 saturated heterocycles. The third kappa shape index (κ3) is 2.87. The summed E-state index contributed by atoms with van der Waals surface area (Å²) in [6.07, 6.45) is 4.54. The molecule has 0 aromatic heterocycles. The fraction of sp³-hybridized carbons (Fsp3) is 0.714. The zero-order valence-electron chi connectivity index (χ0n) is 5.60. The van der Waals surface area contributed by atoms with Crippen molar-refractivity contribution >= 4 is 12.4 Å². The fourth-order valence-electron chi connectivity index (χ4n) is 1.15. The average molecular weight is 148 g/mol. The molecule has 1 atom stereocenters. The summed E-state index contributed by atoms with van der Waals surface area (Å²) in [5.74, 6) is 0.882. The summed E-state index contributed by atoms with van der Waals surface area (Å²) in [6.45, 7) is 6.10. The lowest BCUT2D eigenvalue weighted by molar-refractivity contribution is 0.593. The summed E-state index contributed by atoms with van der Waals surface area (Å²) in [6, 6.07) is 0. The minimum atomic E-state index is 0. The molecule has 0 radical (unpaired) electrons. The lowest BCUT2D eigenvalue weighted by Gasteiger charge is -2.00. The molecule has 1 N–H and O–H groups in total. The Morgan fingerprint density at radius 2 is 2.44 bits per heavy atom. The van der Waals surface area contributed by atoms with Crippen LogP contribution in [0.1, 0.15) is 12.8 Å². The third-order valence-electron chi connectivity index (χ3n) is 1.66. The molecule has 54 valence electrons. The van der Waals surface area contributed by atoms with Crippen LogP contribution in [0.25, 0.3) is 0 Å². The van der Waals surface area contributed by atoms with Crippen molar-refractivity contribution in [3.05, 3.63) is 12.7 Å². The first-order chi connectivity index (χ1) is 3.93. The van der Waals surface area contributed by atoms with Crippen LogP contribution in [0.15, 0.2) is 12.7 Å². The van der Waals surface area contributed by atoms with E-state index in [1.165, 1.54) is 25.9 Å². The van der Waals surface area contributed by atoms with Gasteiger partial charge >= 0.3 is 0 Å². The number of halogens is 1. The van der Waals surface area contributed by atoms with Crippen LogP contribution in [-0.2, 0) is 0 Å². The lowest BCUT2D eigenvalue weighted by atomic mass is 10.1. The lowest BCUT2D eigenvalue weighted by Crippen LogP contribution is -2.07. The number of rotatable bonds is 2. The summed E-state index contributed by atoms with van der Waals surface area (Å²) in [4.78, 5) is 0. The molecule has 1 aliphatic heterocycles. The summed E-state index contributed by atoms with van der Waals surface area (Å²) in [7, 11) is 0. The molecule has 2 heteroatoms. The molecule has 0 amide bonds. The molecule has 9 heavy (non-hydrogen) atoms. The van der Waals surface area contributed by atoms with Crippen LogP contribution >= 0.6 is 12.4 Å². The second-order valence-electron chi connectivity index (χ2n) is 2.38. The van der Waals surface area contributed by atoms with Crippen LogP contribution in [0.2, 0.25) is 0 Å². The highest BCUT2D eigenvalue weighted by Gasteiger charge is 2.11. The Balaban J connectivity index is 0.000000640. The Morgan fingerprint density at radius 1 is 1.67 bits per heavy atom. The summed E-state index contributed by atoms with van der Waals surface area (Å²) >= 11 is 0. The molecular weight excluding hydrogens is 134 g/mol. The normalized spacial score (nSPS) is 25.1. The largest absolute Gasteiger partial charge is 0.316 e. The first-order valence-corrected chi connectivity index (χ1v) is 3.25. The molecule has 1 fully saturated rings. The molecule has 0 aromatic carbocycles. The van der Waals surface area contributed by atoms with Crippen LogP contribution < -0.4 is 5.32 Å². The number of allylic oxidation sites excluding steroid dienone is 1. The molecule has 1 rings (SSSR count). The standard InChI is InChI=1S/C7H13N.ClH/c1-2-3-7-4-5-8-6-7;/h2,7-8H,1,3-6H2;1H. The zero-order chi connectivity index (χ0) is 5.82. The van der Waals surface area contributed by atoms with Gasteiger partial charge in [-0.2, -0.15) is 0 Å². The van der Waals surface area contributed by atoms with Gasteiger partial charge in [-0.05, 0) is 31.8 Å². The SMILES string of the molecule is C=CCC1CCNC1.Cl. The van der Waals surface area contributed by atoms with Crippen molar-refractivity contribution < 1.29 is 0 Å². The quantitative estimate of drug-likeness (QED) is 0.585. The average Bonchev–Trinajstić information content (AvgIpc) is 2.19. The number of hydrogen-bond donors (Lipinski definition) is 1. The van der Waals surface area contributed by atoms with Gasteiger partial charge in [0.25, 0.3) is 0 Å². The molecular formula is C7H14ClN. The second-order valence-corrected chi connectivity index (χ2v) is 2.38. The van der Waals surface area contributed by atoms with Gasteiger partial charge in [0.05, 0.1) is 0 Å². The third-order valence-corrected chi connectivity index (χ3v) is 1.66. The van der Waals surface area contributed by atoms with Gasteiger partial charge in [-0.1, -0.05) is 6.08 Å². The van der Waals surface area contributed by atoms with E-state index in [0.717, 1.165) is 5.92 Å². The molecule has 0 bridgehead atoms. The summed E-state index contributed by atoms with van der Waals surface area (Å²) in [5.41, 5.74) is 0. The first kappa shape index (κ1) is 8.99. The predicted octanol–water partition coefficient (Wildman–Crippen LogP) is 1.59. The number of hydrogen-bond acceptors (Lipinski definition) is 1. The van der Waals surface area contributed by atoms with Crippen LogP contribution in [0, 0.1) is 5.92 Å². The fourth-order valence-corrected chi connectivity index (χ4v) is 1.15. The van der Waals surface area contributed by atoms with E-state index < -0.39 is 0 Å². The zero-order valence-corrected chi connectivity index (χ0v) is 6.41. The molecule has 0 aromatic rings. The van der Waals surface area contributed by atoms with Crippen molar-refractivity contribution in [2.45, 2.75) is 12.8 Å². The summed E-state index contributed by atoms with van der Waals surface area (Å²) in [5, 5.41) is 3.31.